The predicted octanol–water partition coefficient (Wildman–Crippen LogP) is 5.08. The summed E-state index contributed by atoms with van der Waals surface area (Å²) >= 11 is 6.45. The lowest BCUT2D eigenvalue weighted by Crippen LogP contribution is -2.21. The van der Waals surface area contributed by atoms with Crippen LogP contribution in [-0.4, -0.2) is 36.2 Å². The molecule has 0 aliphatic carbocycles. The molecule has 2 aromatic carbocycles. The average molecular weight is 496 g/mol. The Hall–Kier alpha value is -3.53. The van der Waals surface area contributed by atoms with Gasteiger partial charge in [-0.3, -0.25) is 4.98 Å². The number of pyridine rings is 1. The van der Waals surface area contributed by atoms with Crippen LogP contribution in [0.15, 0.2) is 67.1 Å². The molecular weight excluding hydrogens is 474 g/mol. The zero-order valence-corrected chi connectivity index (χ0v) is 20.1. The van der Waals surface area contributed by atoms with E-state index in [4.69, 9.17) is 16.3 Å². The van der Waals surface area contributed by atoms with Gasteiger partial charge in [0.2, 0.25) is 10.0 Å². The SMILES string of the molecule is Cc1ccc(Oc2ccc(Nc3ncnc4ccc(C=CCNS(C)(=O)=O)cc34)cc2Cl)cn1. The molecule has 2 N–H and O–H groups in total. The Bertz CT molecular complexity index is 1460. The molecule has 10 heteroatoms. The molecule has 0 aliphatic heterocycles. The van der Waals surface area contributed by atoms with Gasteiger partial charge in [0.15, 0.2) is 0 Å². The Kier molecular flexibility index (Phi) is 7.06. The summed E-state index contributed by atoms with van der Waals surface area (Å²) in [5.41, 5.74) is 3.29. The summed E-state index contributed by atoms with van der Waals surface area (Å²) in [4.78, 5) is 12.9. The lowest BCUT2D eigenvalue weighted by molar-refractivity contribution is 0.480. The largest absolute Gasteiger partial charge is 0.454 e. The molecule has 8 nitrogen and oxygen atoms in total. The van der Waals surface area contributed by atoms with Crippen molar-refractivity contribution in [3.8, 4) is 11.5 Å². The number of hydrogen-bond donors (Lipinski definition) is 2. The number of hydrogen-bond acceptors (Lipinski definition) is 7. The fourth-order valence-corrected chi connectivity index (χ4v) is 3.73. The number of aryl methyl sites for hydroxylation is 1. The van der Waals surface area contributed by atoms with E-state index in [-0.39, 0.29) is 6.54 Å². The van der Waals surface area contributed by atoms with Crippen LogP contribution in [0.2, 0.25) is 5.02 Å². The molecule has 2 heterocycles. The fourth-order valence-electron chi connectivity index (χ4n) is 3.11. The van der Waals surface area contributed by atoms with Gasteiger partial charge in [-0.25, -0.2) is 23.1 Å². The zero-order valence-electron chi connectivity index (χ0n) is 18.5. The molecule has 0 atom stereocenters. The number of nitrogens with one attached hydrogen (secondary N) is 2. The predicted molar refractivity (Wildman–Crippen MR) is 135 cm³/mol. The Labute approximate surface area is 202 Å². The second-order valence-corrected chi connectivity index (χ2v) is 9.77. The van der Waals surface area contributed by atoms with Gasteiger partial charge in [0.1, 0.15) is 23.6 Å². The highest BCUT2D eigenvalue weighted by Crippen LogP contribution is 2.33. The number of nitrogens with zero attached hydrogens (tertiary/aromatic N) is 3. The number of sulfonamides is 1. The van der Waals surface area contributed by atoms with Crippen molar-refractivity contribution in [1.82, 2.24) is 19.7 Å². The molecule has 4 rings (SSSR count). The summed E-state index contributed by atoms with van der Waals surface area (Å²) in [6.45, 7) is 2.11. The van der Waals surface area contributed by atoms with E-state index < -0.39 is 10.0 Å². The molecule has 0 amide bonds. The lowest BCUT2D eigenvalue weighted by atomic mass is 10.1. The van der Waals surface area contributed by atoms with Gasteiger partial charge in [-0.2, -0.15) is 0 Å². The van der Waals surface area contributed by atoms with Crippen LogP contribution in [0.4, 0.5) is 11.5 Å². The number of rotatable bonds is 8. The highest BCUT2D eigenvalue weighted by Gasteiger charge is 2.09. The number of aromatic nitrogens is 3. The maximum absolute atomic E-state index is 11.2. The maximum Gasteiger partial charge on any atom is 0.208 e. The van der Waals surface area contributed by atoms with E-state index >= 15 is 0 Å². The minimum Gasteiger partial charge on any atom is -0.454 e. The summed E-state index contributed by atoms with van der Waals surface area (Å²) < 4.78 is 30.6. The van der Waals surface area contributed by atoms with Crippen molar-refractivity contribution in [1.29, 1.82) is 0 Å². The first kappa shape index (κ1) is 23.6. The van der Waals surface area contributed by atoms with Crippen LogP contribution in [0, 0.1) is 6.92 Å². The van der Waals surface area contributed by atoms with Gasteiger partial charge < -0.3 is 10.1 Å². The maximum atomic E-state index is 11.2. The first-order valence-electron chi connectivity index (χ1n) is 10.3. The number of fused-ring (bicyclic) bond motifs is 1. The van der Waals surface area contributed by atoms with Crippen molar-refractivity contribution in [3.05, 3.63) is 83.4 Å². The van der Waals surface area contributed by atoms with Crippen molar-refractivity contribution in [3.63, 3.8) is 0 Å². The van der Waals surface area contributed by atoms with E-state index in [0.29, 0.717) is 22.3 Å². The molecule has 0 unspecified atom stereocenters. The van der Waals surface area contributed by atoms with Crippen molar-refractivity contribution in [2.24, 2.45) is 0 Å². The van der Waals surface area contributed by atoms with E-state index in [1.807, 2.05) is 49.4 Å². The van der Waals surface area contributed by atoms with Crippen molar-refractivity contribution >= 4 is 50.1 Å². The van der Waals surface area contributed by atoms with Crippen molar-refractivity contribution in [2.45, 2.75) is 6.92 Å². The van der Waals surface area contributed by atoms with Gasteiger partial charge >= 0.3 is 0 Å². The smallest absolute Gasteiger partial charge is 0.208 e. The van der Waals surface area contributed by atoms with E-state index in [1.54, 1.807) is 24.4 Å². The normalized spacial score (nSPS) is 11.7. The van der Waals surface area contributed by atoms with Crippen LogP contribution in [0.3, 0.4) is 0 Å². The molecule has 0 bridgehead atoms. The van der Waals surface area contributed by atoms with Crippen molar-refractivity contribution < 1.29 is 13.2 Å². The quantitative estimate of drug-likeness (QED) is 0.351. The molecule has 4 aromatic rings. The second kappa shape index (κ2) is 10.2. The molecule has 34 heavy (non-hydrogen) atoms. The standard InChI is InChI=1S/C24H22ClN5O3S/c1-16-5-8-19(14-26-16)33-23-10-7-18(13-21(23)25)30-24-20-12-17(4-3-11-29-34(2,31)32)6-9-22(20)27-15-28-24/h3-10,12-15,29H,11H2,1-2H3,(H,27,28,30). The topological polar surface area (TPSA) is 106 Å². The average Bonchev–Trinajstić information content (AvgIpc) is 2.80. The minimum absolute atomic E-state index is 0.207. The molecule has 2 aromatic heterocycles. The summed E-state index contributed by atoms with van der Waals surface area (Å²) in [6, 6.07) is 14.8. The molecule has 0 fully saturated rings. The Morgan fingerprint density at radius 2 is 1.91 bits per heavy atom. The molecular formula is C24H22ClN5O3S. The van der Waals surface area contributed by atoms with Crippen LogP contribution in [0.25, 0.3) is 17.0 Å². The Morgan fingerprint density at radius 1 is 1.06 bits per heavy atom. The van der Waals surface area contributed by atoms with Gasteiger partial charge in [-0.15, -0.1) is 0 Å². The van der Waals surface area contributed by atoms with Gasteiger partial charge in [0.05, 0.1) is 23.0 Å². The summed E-state index contributed by atoms with van der Waals surface area (Å²) in [6.07, 6.45) is 7.82. The van der Waals surface area contributed by atoms with Crippen LogP contribution in [0.5, 0.6) is 11.5 Å². The van der Waals surface area contributed by atoms with E-state index in [0.717, 1.165) is 34.1 Å². The highest BCUT2D eigenvalue weighted by molar-refractivity contribution is 7.88. The first-order valence-corrected chi connectivity index (χ1v) is 12.6. The number of ether oxygens (including phenoxy) is 1. The van der Waals surface area contributed by atoms with Crippen LogP contribution in [-0.2, 0) is 10.0 Å². The summed E-state index contributed by atoms with van der Waals surface area (Å²) in [7, 11) is -3.23. The second-order valence-electron chi connectivity index (χ2n) is 7.53. The fraction of sp³-hybridized carbons (Fsp3) is 0.125. The van der Waals surface area contributed by atoms with Gasteiger partial charge in [-0.05, 0) is 55.0 Å². The third-order valence-electron chi connectivity index (χ3n) is 4.74. The monoisotopic (exact) mass is 495 g/mol. The van der Waals surface area contributed by atoms with Gasteiger partial charge in [0.25, 0.3) is 0 Å². The van der Waals surface area contributed by atoms with Crippen LogP contribution < -0.4 is 14.8 Å². The molecule has 0 radical (unpaired) electrons. The highest BCUT2D eigenvalue weighted by atomic mass is 35.5. The molecule has 0 aliphatic rings. The first-order chi connectivity index (χ1) is 16.3. The Morgan fingerprint density at radius 3 is 2.65 bits per heavy atom. The van der Waals surface area contributed by atoms with Crippen LogP contribution in [0.1, 0.15) is 11.3 Å². The van der Waals surface area contributed by atoms with E-state index in [2.05, 4.69) is 25.0 Å². The number of benzene rings is 2. The van der Waals surface area contributed by atoms with E-state index in [1.165, 1.54) is 6.33 Å². The molecule has 0 saturated carbocycles. The van der Waals surface area contributed by atoms with Gasteiger partial charge in [-0.1, -0.05) is 29.8 Å². The summed E-state index contributed by atoms with van der Waals surface area (Å²) in [5, 5.41) is 4.53. The molecule has 174 valence electrons. The van der Waals surface area contributed by atoms with E-state index in [9.17, 15) is 8.42 Å². The third-order valence-corrected chi connectivity index (χ3v) is 5.73. The summed E-state index contributed by atoms with van der Waals surface area (Å²) in [5.74, 6) is 1.73. The number of halogens is 1. The van der Waals surface area contributed by atoms with Crippen LogP contribution >= 0.6 is 11.6 Å². The minimum atomic E-state index is -3.23. The zero-order chi connectivity index (χ0) is 24.1. The third kappa shape index (κ3) is 6.28. The molecule has 0 spiro atoms. The molecule has 0 saturated heterocycles. The van der Waals surface area contributed by atoms with Gasteiger partial charge in [0, 0.05) is 23.3 Å². The van der Waals surface area contributed by atoms with Crippen molar-refractivity contribution in [2.75, 3.05) is 18.1 Å². The Balaban J connectivity index is 1.53. The number of anilines is 2. The lowest BCUT2D eigenvalue weighted by Gasteiger charge is -2.12.